The molecule has 1 aromatic heterocycles. The van der Waals surface area contributed by atoms with E-state index in [2.05, 4.69) is 53.0 Å². The van der Waals surface area contributed by atoms with Gasteiger partial charge in [0, 0.05) is 25.8 Å². The van der Waals surface area contributed by atoms with Gasteiger partial charge in [-0.25, -0.2) is 4.98 Å². The summed E-state index contributed by atoms with van der Waals surface area (Å²) in [6, 6.07) is 13.9. The molecule has 0 saturated carbocycles. The third-order valence-corrected chi connectivity index (χ3v) is 5.92. The molecule has 5 heteroatoms. The molecule has 2 aromatic rings. The molecule has 1 aliphatic rings. The Kier molecular flexibility index (Phi) is 7.64. The number of nitrogens with one attached hydrogen (secondary N) is 1. The second-order valence-corrected chi connectivity index (χ2v) is 7.95. The summed E-state index contributed by atoms with van der Waals surface area (Å²) in [7, 11) is 0. The van der Waals surface area contributed by atoms with Gasteiger partial charge in [0.25, 0.3) is 0 Å². The number of pyridine rings is 1. The Morgan fingerprint density at radius 2 is 1.83 bits per heavy atom. The highest BCUT2D eigenvalue weighted by atomic mass is 16.2. The minimum Gasteiger partial charge on any atom is -0.357 e. The Hall–Kier alpha value is -2.40. The molecule has 0 radical (unpaired) electrons. The van der Waals surface area contributed by atoms with Crippen LogP contribution in [0.4, 0.5) is 5.82 Å². The number of benzene rings is 1. The zero-order chi connectivity index (χ0) is 20.6. The van der Waals surface area contributed by atoms with Crippen molar-refractivity contribution in [3.63, 3.8) is 0 Å². The average Bonchev–Trinajstić information content (AvgIpc) is 2.77. The first-order chi connectivity index (χ1) is 14.1. The lowest BCUT2D eigenvalue weighted by Gasteiger charge is -2.31. The van der Waals surface area contributed by atoms with E-state index in [9.17, 15) is 4.79 Å². The molecule has 1 N–H and O–H groups in total. The van der Waals surface area contributed by atoms with Gasteiger partial charge in [0.1, 0.15) is 11.9 Å². The molecule has 3 rings (SSSR count). The minimum atomic E-state index is -0.270. The summed E-state index contributed by atoms with van der Waals surface area (Å²) in [6.45, 7) is 10.8. The molecule has 1 amide bonds. The first-order valence-corrected chi connectivity index (χ1v) is 10.9. The first-order valence-electron chi connectivity index (χ1n) is 10.9. The van der Waals surface area contributed by atoms with E-state index in [0.717, 1.165) is 49.0 Å². The van der Waals surface area contributed by atoms with Crippen molar-refractivity contribution in [2.75, 3.05) is 31.1 Å². The van der Waals surface area contributed by atoms with Crippen LogP contribution in [-0.4, -0.2) is 42.0 Å². The van der Waals surface area contributed by atoms with Gasteiger partial charge in [-0.15, -0.1) is 0 Å². The van der Waals surface area contributed by atoms with Crippen molar-refractivity contribution in [2.24, 2.45) is 5.92 Å². The number of hydrogen-bond donors (Lipinski definition) is 1. The monoisotopic (exact) mass is 394 g/mol. The molecule has 2 heterocycles. The molecule has 0 bridgehead atoms. The molecule has 1 aromatic carbocycles. The van der Waals surface area contributed by atoms with Crippen LogP contribution in [0.25, 0.3) is 0 Å². The molecule has 0 aliphatic carbocycles. The van der Waals surface area contributed by atoms with Crippen LogP contribution < -0.4 is 10.2 Å². The molecule has 1 unspecified atom stereocenters. The van der Waals surface area contributed by atoms with Crippen LogP contribution in [0.2, 0.25) is 0 Å². The smallest absolute Gasteiger partial charge is 0.242 e. The Bertz CT molecular complexity index is 750. The number of likely N-dealkylation sites (N-methyl/N-ethyl adjacent to an activating group) is 1. The number of hydrogen-bond acceptors (Lipinski definition) is 4. The zero-order valence-corrected chi connectivity index (χ0v) is 18.0. The van der Waals surface area contributed by atoms with Crippen LogP contribution in [0.3, 0.4) is 0 Å². The molecule has 1 atom stereocenters. The summed E-state index contributed by atoms with van der Waals surface area (Å²) in [5.41, 5.74) is 2.06. The highest BCUT2D eigenvalue weighted by molar-refractivity contribution is 5.83. The number of piperidine rings is 1. The van der Waals surface area contributed by atoms with Gasteiger partial charge in [-0.3, -0.25) is 9.69 Å². The van der Waals surface area contributed by atoms with Crippen LogP contribution in [0, 0.1) is 5.92 Å². The van der Waals surface area contributed by atoms with Gasteiger partial charge in [-0.1, -0.05) is 57.2 Å². The summed E-state index contributed by atoms with van der Waals surface area (Å²) in [6.07, 6.45) is 4.35. The van der Waals surface area contributed by atoms with E-state index in [0.29, 0.717) is 6.54 Å². The van der Waals surface area contributed by atoms with E-state index in [1.807, 2.05) is 36.5 Å². The van der Waals surface area contributed by atoms with E-state index in [4.69, 9.17) is 0 Å². The van der Waals surface area contributed by atoms with E-state index in [1.54, 1.807) is 0 Å². The van der Waals surface area contributed by atoms with Crippen molar-refractivity contribution in [2.45, 2.75) is 46.2 Å². The van der Waals surface area contributed by atoms with Crippen LogP contribution in [0.1, 0.15) is 50.8 Å². The van der Waals surface area contributed by atoms with Crippen molar-refractivity contribution in [1.82, 2.24) is 15.2 Å². The predicted molar refractivity (Wildman–Crippen MR) is 119 cm³/mol. The lowest BCUT2D eigenvalue weighted by molar-refractivity contribution is -0.126. The van der Waals surface area contributed by atoms with Crippen molar-refractivity contribution in [3.05, 3.63) is 59.8 Å². The van der Waals surface area contributed by atoms with E-state index >= 15 is 0 Å². The SMILES string of the molecule is CCN(CC)C(C(=O)NCc1ccc(N2CCC(C)CC2)nc1)c1ccccc1. The molecule has 1 saturated heterocycles. The standard InChI is InChI=1S/C24H34N4O/c1-4-27(5-2)23(21-9-7-6-8-10-21)24(29)26-18-20-11-12-22(25-17-20)28-15-13-19(3)14-16-28/h6-12,17,19,23H,4-5,13-16,18H2,1-3H3,(H,26,29). The lowest BCUT2D eigenvalue weighted by atomic mass is 9.99. The maximum Gasteiger partial charge on any atom is 0.242 e. The third kappa shape index (κ3) is 5.57. The number of carbonyl (C=O) groups is 1. The third-order valence-electron chi connectivity index (χ3n) is 5.92. The molecular formula is C24H34N4O. The molecule has 29 heavy (non-hydrogen) atoms. The second-order valence-electron chi connectivity index (χ2n) is 7.95. The van der Waals surface area contributed by atoms with Crippen molar-refractivity contribution in [1.29, 1.82) is 0 Å². The largest absolute Gasteiger partial charge is 0.357 e. The van der Waals surface area contributed by atoms with E-state index in [1.165, 1.54) is 12.8 Å². The van der Waals surface area contributed by atoms with Gasteiger partial charge in [0.15, 0.2) is 0 Å². The van der Waals surface area contributed by atoms with Gasteiger partial charge in [-0.05, 0) is 49.0 Å². The lowest BCUT2D eigenvalue weighted by Crippen LogP contribution is -2.40. The van der Waals surface area contributed by atoms with Crippen LogP contribution >= 0.6 is 0 Å². The number of carbonyl (C=O) groups excluding carboxylic acids is 1. The zero-order valence-electron chi connectivity index (χ0n) is 18.0. The van der Waals surface area contributed by atoms with E-state index in [-0.39, 0.29) is 11.9 Å². The van der Waals surface area contributed by atoms with Crippen LogP contribution in [-0.2, 0) is 11.3 Å². The molecule has 1 aliphatic heterocycles. The summed E-state index contributed by atoms with van der Waals surface area (Å²) >= 11 is 0. The fraction of sp³-hybridized carbons (Fsp3) is 0.500. The molecular weight excluding hydrogens is 360 g/mol. The number of rotatable bonds is 8. The topological polar surface area (TPSA) is 48.5 Å². The van der Waals surface area contributed by atoms with Gasteiger partial charge >= 0.3 is 0 Å². The van der Waals surface area contributed by atoms with Crippen LogP contribution in [0.15, 0.2) is 48.7 Å². The number of nitrogens with zero attached hydrogens (tertiary/aromatic N) is 3. The summed E-state index contributed by atoms with van der Waals surface area (Å²) < 4.78 is 0. The average molecular weight is 395 g/mol. The maximum absolute atomic E-state index is 13.0. The Labute approximate surface area is 175 Å². The maximum atomic E-state index is 13.0. The molecule has 1 fully saturated rings. The molecule has 156 valence electrons. The second kappa shape index (κ2) is 10.4. The Morgan fingerprint density at radius 3 is 2.41 bits per heavy atom. The van der Waals surface area contributed by atoms with Crippen molar-refractivity contribution < 1.29 is 4.79 Å². The Morgan fingerprint density at radius 1 is 1.14 bits per heavy atom. The van der Waals surface area contributed by atoms with Gasteiger partial charge < -0.3 is 10.2 Å². The number of amides is 1. The minimum absolute atomic E-state index is 0.0361. The Balaban J connectivity index is 1.62. The molecule has 5 nitrogen and oxygen atoms in total. The summed E-state index contributed by atoms with van der Waals surface area (Å²) in [4.78, 5) is 22.2. The normalized spacial score (nSPS) is 16.1. The quantitative estimate of drug-likeness (QED) is 0.735. The predicted octanol–water partition coefficient (Wildman–Crippen LogP) is 4.02. The van der Waals surface area contributed by atoms with Gasteiger partial charge in [-0.2, -0.15) is 0 Å². The fourth-order valence-electron chi connectivity index (χ4n) is 3.98. The van der Waals surface area contributed by atoms with Crippen LogP contribution in [0.5, 0.6) is 0 Å². The van der Waals surface area contributed by atoms with E-state index < -0.39 is 0 Å². The van der Waals surface area contributed by atoms with Gasteiger partial charge in [0.05, 0.1) is 0 Å². The highest BCUT2D eigenvalue weighted by Gasteiger charge is 2.25. The number of aromatic nitrogens is 1. The number of anilines is 1. The van der Waals surface area contributed by atoms with Crippen molar-refractivity contribution in [3.8, 4) is 0 Å². The fourth-order valence-corrected chi connectivity index (χ4v) is 3.98. The first kappa shape index (κ1) is 21.3. The highest BCUT2D eigenvalue weighted by Crippen LogP contribution is 2.22. The summed E-state index contributed by atoms with van der Waals surface area (Å²) in [5, 5.41) is 3.12. The van der Waals surface area contributed by atoms with Gasteiger partial charge in [0.2, 0.25) is 5.91 Å². The molecule has 0 spiro atoms. The summed E-state index contributed by atoms with van der Waals surface area (Å²) in [5.74, 6) is 1.88. The van der Waals surface area contributed by atoms with Crippen molar-refractivity contribution >= 4 is 11.7 Å².